The summed E-state index contributed by atoms with van der Waals surface area (Å²) in [5.74, 6) is -1.98. The zero-order chi connectivity index (χ0) is 24.2. The van der Waals surface area contributed by atoms with E-state index < -0.39 is 41.0 Å². The van der Waals surface area contributed by atoms with Crippen molar-refractivity contribution in [1.82, 2.24) is 9.80 Å². The summed E-state index contributed by atoms with van der Waals surface area (Å²) < 4.78 is 18.8. The minimum Gasteiger partial charge on any atom is -0.377 e. The molecule has 0 bridgehead atoms. The van der Waals surface area contributed by atoms with Crippen molar-refractivity contribution in [1.29, 1.82) is 0 Å². The second kappa shape index (κ2) is 7.91. The van der Waals surface area contributed by atoms with Gasteiger partial charge in [0.25, 0.3) is 5.91 Å². The largest absolute Gasteiger partial charge is 0.377 e. The second-order valence-electron chi connectivity index (χ2n) is 8.75. The Hall–Kier alpha value is -3.79. The fourth-order valence-corrected chi connectivity index (χ4v) is 5.13. The number of anilines is 2. The van der Waals surface area contributed by atoms with Gasteiger partial charge in [0, 0.05) is 37.6 Å². The van der Waals surface area contributed by atoms with Crippen LogP contribution in [0.5, 0.6) is 0 Å². The molecule has 2 aromatic rings. The number of fused-ring (bicyclic) bond motifs is 4. The first-order valence-electron chi connectivity index (χ1n) is 10.9. The van der Waals surface area contributed by atoms with Crippen LogP contribution in [0.3, 0.4) is 0 Å². The Bertz CT molecular complexity index is 1190. The lowest BCUT2D eigenvalue weighted by Crippen LogP contribution is -2.73. The Labute approximate surface area is 195 Å². The minimum atomic E-state index is -1.52. The predicted octanol–water partition coefficient (Wildman–Crippen LogP) is 1.88. The summed E-state index contributed by atoms with van der Waals surface area (Å²) in [6, 6.07) is 9.28. The highest BCUT2D eigenvalue weighted by atomic mass is 19.1. The number of benzene rings is 2. The maximum Gasteiger partial charge on any atom is 0.332 e. The van der Waals surface area contributed by atoms with Gasteiger partial charge in [0.1, 0.15) is 5.82 Å². The zero-order valence-corrected chi connectivity index (χ0v) is 18.7. The molecule has 1 N–H and O–H groups in total. The molecule has 0 aliphatic carbocycles. The molecule has 10 heteroatoms. The molecule has 0 radical (unpaired) electrons. The molecule has 0 unspecified atom stereocenters. The van der Waals surface area contributed by atoms with E-state index in [0.29, 0.717) is 30.0 Å². The van der Waals surface area contributed by atoms with Crippen molar-refractivity contribution >= 4 is 35.1 Å². The molecule has 2 aromatic carbocycles. The molecule has 1 atom stereocenters. The third-order valence-corrected chi connectivity index (χ3v) is 6.87. The van der Waals surface area contributed by atoms with Crippen LogP contribution in [0.4, 0.5) is 20.6 Å². The van der Waals surface area contributed by atoms with Crippen LogP contribution < -0.4 is 10.2 Å². The van der Waals surface area contributed by atoms with Gasteiger partial charge in [-0.05, 0) is 54.4 Å². The van der Waals surface area contributed by atoms with Crippen molar-refractivity contribution in [3.63, 3.8) is 0 Å². The van der Waals surface area contributed by atoms with Gasteiger partial charge in [-0.15, -0.1) is 0 Å². The molecule has 0 aromatic heterocycles. The second-order valence-corrected chi connectivity index (χ2v) is 8.75. The standard InChI is InChI=1S/C24H23FN4O5/c1-27-21(31)24(22(32)28(2)23(27)33)12-15-11-17(26-20(30)14-3-5-16(25)6-4-14)7-8-18(15)29-9-10-34-13-19(24)29/h3-8,11,19H,9-10,12-13H2,1-2H3,(H,26,30)/t19-/m0/s1. The van der Waals surface area contributed by atoms with Gasteiger partial charge in [-0.1, -0.05) is 0 Å². The molecule has 2 saturated heterocycles. The number of carbonyl (C=O) groups excluding carboxylic acids is 4. The maximum atomic E-state index is 13.5. The monoisotopic (exact) mass is 466 g/mol. The third kappa shape index (κ3) is 3.17. The van der Waals surface area contributed by atoms with E-state index in [1.54, 1.807) is 12.1 Å². The number of morpholine rings is 1. The van der Waals surface area contributed by atoms with Crippen molar-refractivity contribution in [3.05, 3.63) is 59.4 Å². The number of rotatable bonds is 2. The van der Waals surface area contributed by atoms with Crippen molar-refractivity contribution in [2.75, 3.05) is 44.1 Å². The van der Waals surface area contributed by atoms with Gasteiger partial charge < -0.3 is 15.0 Å². The van der Waals surface area contributed by atoms with E-state index in [1.165, 1.54) is 38.4 Å². The van der Waals surface area contributed by atoms with Crippen LogP contribution in [0.25, 0.3) is 0 Å². The summed E-state index contributed by atoms with van der Waals surface area (Å²) in [6.07, 6.45) is 0.0622. The molecular formula is C24H23FN4O5. The maximum absolute atomic E-state index is 13.5. The van der Waals surface area contributed by atoms with Crippen LogP contribution in [-0.4, -0.2) is 73.4 Å². The van der Waals surface area contributed by atoms with E-state index in [2.05, 4.69) is 5.32 Å². The van der Waals surface area contributed by atoms with Gasteiger partial charge in [-0.25, -0.2) is 9.18 Å². The Morgan fingerprint density at radius 3 is 2.41 bits per heavy atom. The summed E-state index contributed by atoms with van der Waals surface area (Å²) in [6.45, 7) is 1.08. The van der Waals surface area contributed by atoms with Crippen molar-refractivity contribution in [3.8, 4) is 0 Å². The molecule has 5 amide bonds. The van der Waals surface area contributed by atoms with Crippen LogP contribution in [0, 0.1) is 11.2 Å². The van der Waals surface area contributed by atoms with Gasteiger partial charge in [0.15, 0.2) is 5.41 Å². The predicted molar refractivity (Wildman–Crippen MR) is 120 cm³/mol. The van der Waals surface area contributed by atoms with Crippen LogP contribution in [0.2, 0.25) is 0 Å². The lowest BCUT2D eigenvalue weighted by atomic mass is 9.68. The molecule has 3 aliphatic heterocycles. The van der Waals surface area contributed by atoms with E-state index in [0.717, 1.165) is 15.5 Å². The summed E-state index contributed by atoms with van der Waals surface area (Å²) >= 11 is 0. The van der Waals surface area contributed by atoms with Crippen molar-refractivity contribution < 1.29 is 28.3 Å². The topological polar surface area (TPSA) is 99.3 Å². The Morgan fingerprint density at radius 2 is 1.74 bits per heavy atom. The number of hydrogen-bond donors (Lipinski definition) is 1. The van der Waals surface area contributed by atoms with Gasteiger partial charge >= 0.3 is 6.03 Å². The number of halogens is 1. The summed E-state index contributed by atoms with van der Waals surface area (Å²) in [5, 5.41) is 2.79. The molecule has 5 rings (SSSR count). The molecule has 9 nitrogen and oxygen atoms in total. The molecule has 3 heterocycles. The van der Waals surface area contributed by atoms with Crippen molar-refractivity contribution in [2.24, 2.45) is 5.41 Å². The fraction of sp³-hybridized carbons (Fsp3) is 0.333. The van der Waals surface area contributed by atoms with Gasteiger partial charge in [-0.2, -0.15) is 0 Å². The molecule has 2 fully saturated rings. The number of hydrogen-bond acceptors (Lipinski definition) is 6. The highest BCUT2D eigenvalue weighted by Gasteiger charge is 2.63. The van der Waals surface area contributed by atoms with Gasteiger partial charge in [0.2, 0.25) is 11.8 Å². The van der Waals surface area contributed by atoms with Crippen LogP contribution in [-0.2, 0) is 20.7 Å². The molecule has 3 aliphatic rings. The first-order chi connectivity index (χ1) is 16.2. The third-order valence-electron chi connectivity index (χ3n) is 6.87. The minimum absolute atomic E-state index is 0.0622. The number of urea groups is 1. The average molecular weight is 466 g/mol. The van der Waals surface area contributed by atoms with Crippen LogP contribution in [0.1, 0.15) is 15.9 Å². The average Bonchev–Trinajstić information content (AvgIpc) is 2.85. The first-order valence-corrected chi connectivity index (χ1v) is 10.9. The number of ether oxygens (including phenoxy) is 1. The number of carbonyl (C=O) groups is 4. The van der Waals surface area contributed by atoms with Crippen LogP contribution in [0.15, 0.2) is 42.5 Å². The fourth-order valence-electron chi connectivity index (χ4n) is 5.13. The van der Waals surface area contributed by atoms with E-state index in [-0.39, 0.29) is 13.0 Å². The molecule has 176 valence electrons. The number of amides is 5. The number of nitrogens with zero attached hydrogens (tertiary/aromatic N) is 3. The molecule has 34 heavy (non-hydrogen) atoms. The highest BCUT2D eigenvalue weighted by Crippen LogP contribution is 2.47. The SMILES string of the molecule is CN1C(=O)N(C)C(=O)C2(Cc3cc(NC(=O)c4ccc(F)cc4)ccc3N3CCOC[C@H]32)C1=O. The van der Waals surface area contributed by atoms with Crippen LogP contribution >= 0.6 is 0 Å². The Balaban J connectivity index is 1.54. The zero-order valence-electron chi connectivity index (χ0n) is 18.7. The smallest absolute Gasteiger partial charge is 0.332 e. The Kier molecular flexibility index (Phi) is 5.12. The Morgan fingerprint density at radius 1 is 1.06 bits per heavy atom. The number of nitrogens with one attached hydrogen (secondary N) is 1. The quantitative estimate of drug-likeness (QED) is 0.679. The molecular weight excluding hydrogens is 443 g/mol. The van der Waals surface area contributed by atoms with E-state index >= 15 is 0 Å². The molecule has 0 saturated carbocycles. The number of barbiturate groups is 1. The lowest BCUT2D eigenvalue weighted by Gasteiger charge is -2.54. The lowest BCUT2D eigenvalue weighted by molar-refractivity contribution is -0.161. The number of imide groups is 2. The summed E-state index contributed by atoms with van der Waals surface area (Å²) in [4.78, 5) is 56.0. The first kappa shape index (κ1) is 22.0. The van der Waals surface area contributed by atoms with Gasteiger partial charge in [0.05, 0.1) is 19.3 Å². The summed E-state index contributed by atoms with van der Waals surface area (Å²) in [5.41, 5.74) is 0.797. The van der Waals surface area contributed by atoms with E-state index in [9.17, 15) is 23.6 Å². The molecule has 1 spiro atoms. The van der Waals surface area contributed by atoms with E-state index in [1.807, 2.05) is 11.0 Å². The summed E-state index contributed by atoms with van der Waals surface area (Å²) in [7, 11) is 2.75. The highest BCUT2D eigenvalue weighted by molar-refractivity contribution is 6.20. The van der Waals surface area contributed by atoms with Crippen molar-refractivity contribution in [2.45, 2.75) is 12.5 Å². The van der Waals surface area contributed by atoms with Gasteiger partial charge in [-0.3, -0.25) is 24.2 Å². The van der Waals surface area contributed by atoms with E-state index in [4.69, 9.17) is 4.74 Å². The normalized spacial score (nSPS) is 21.4.